The maximum absolute atomic E-state index is 12.6. The molecular weight excluding hydrogens is 460 g/mol. The lowest BCUT2D eigenvalue weighted by atomic mass is 10.1. The first-order valence-corrected chi connectivity index (χ1v) is 11.5. The van der Waals surface area contributed by atoms with Gasteiger partial charge in [0, 0.05) is 25.5 Å². The molecule has 0 unspecified atom stereocenters. The van der Waals surface area contributed by atoms with Crippen molar-refractivity contribution in [1.82, 2.24) is 24.8 Å². The van der Waals surface area contributed by atoms with E-state index in [1.165, 1.54) is 11.1 Å². The summed E-state index contributed by atoms with van der Waals surface area (Å²) in [5, 5.41) is 3.15. The minimum Gasteiger partial charge on any atom is -0.442 e. The van der Waals surface area contributed by atoms with E-state index in [1.54, 1.807) is 36.8 Å². The van der Waals surface area contributed by atoms with E-state index in [-0.39, 0.29) is 19.0 Å². The van der Waals surface area contributed by atoms with Gasteiger partial charge in [0.15, 0.2) is 5.13 Å². The molecule has 3 aromatic rings. The number of anilines is 1. The minimum absolute atomic E-state index is 0.0514. The molecule has 0 radical (unpaired) electrons. The Balaban J connectivity index is 1.16. The maximum Gasteiger partial charge on any atom is 0.416 e. The number of nitrogens with zero attached hydrogens (tertiary/aromatic N) is 5. The highest BCUT2D eigenvalue weighted by Gasteiger charge is 2.41. The Morgan fingerprint density at radius 2 is 1.94 bits per heavy atom. The number of hydrogen-bond acceptors (Lipinski definition) is 8. The SMILES string of the molecule is O=C(NCCCn1ccnc1)c1cnc(N2C[C@H](CN3C(=O)c4ccccc4C3=O)OC2=O)s1. The average Bonchev–Trinajstić information content (AvgIpc) is 3.63. The molecule has 1 fully saturated rings. The van der Waals surface area contributed by atoms with E-state index in [0.717, 1.165) is 29.2 Å². The predicted molar refractivity (Wildman–Crippen MR) is 121 cm³/mol. The van der Waals surface area contributed by atoms with Crippen LogP contribution in [0.5, 0.6) is 0 Å². The van der Waals surface area contributed by atoms with Crippen molar-refractivity contribution in [3.8, 4) is 0 Å². The van der Waals surface area contributed by atoms with Gasteiger partial charge in [0.1, 0.15) is 11.0 Å². The summed E-state index contributed by atoms with van der Waals surface area (Å²) in [6.07, 6.45) is 6.09. The second kappa shape index (κ2) is 9.06. The van der Waals surface area contributed by atoms with Gasteiger partial charge in [-0.3, -0.25) is 19.3 Å². The number of aromatic nitrogens is 3. The number of thiazole rings is 1. The molecule has 2 aromatic heterocycles. The van der Waals surface area contributed by atoms with Crippen LogP contribution in [-0.4, -0.2) is 69.0 Å². The molecule has 1 aromatic carbocycles. The van der Waals surface area contributed by atoms with Gasteiger partial charge >= 0.3 is 6.09 Å². The summed E-state index contributed by atoms with van der Waals surface area (Å²) >= 11 is 1.07. The number of ether oxygens (including phenoxy) is 1. The number of amides is 4. The van der Waals surface area contributed by atoms with Crippen LogP contribution in [-0.2, 0) is 11.3 Å². The van der Waals surface area contributed by atoms with E-state index in [9.17, 15) is 19.2 Å². The number of imide groups is 1. The number of fused-ring (bicyclic) bond motifs is 1. The van der Waals surface area contributed by atoms with Crippen LogP contribution in [0.15, 0.2) is 49.2 Å². The van der Waals surface area contributed by atoms with Crippen molar-refractivity contribution in [2.75, 3.05) is 24.5 Å². The molecule has 4 amide bonds. The highest BCUT2D eigenvalue weighted by Crippen LogP contribution is 2.29. The lowest BCUT2D eigenvalue weighted by molar-refractivity contribution is 0.0558. The van der Waals surface area contributed by atoms with Crippen molar-refractivity contribution in [1.29, 1.82) is 0 Å². The fourth-order valence-electron chi connectivity index (χ4n) is 3.85. The fourth-order valence-corrected chi connectivity index (χ4v) is 4.68. The van der Waals surface area contributed by atoms with Gasteiger partial charge in [0.2, 0.25) is 0 Å². The number of carbonyl (C=O) groups excluding carboxylic acids is 4. The Labute approximate surface area is 198 Å². The van der Waals surface area contributed by atoms with E-state index in [0.29, 0.717) is 27.7 Å². The number of benzene rings is 1. The Morgan fingerprint density at radius 3 is 2.65 bits per heavy atom. The van der Waals surface area contributed by atoms with Gasteiger partial charge < -0.3 is 14.6 Å². The average molecular weight is 481 g/mol. The molecule has 11 nitrogen and oxygen atoms in total. The molecule has 0 bridgehead atoms. The van der Waals surface area contributed by atoms with Crippen LogP contribution in [0.1, 0.15) is 36.8 Å². The number of rotatable bonds is 8. The maximum atomic E-state index is 12.6. The van der Waals surface area contributed by atoms with Crippen LogP contribution in [0.3, 0.4) is 0 Å². The molecule has 1 atom stereocenters. The van der Waals surface area contributed by atoms with Crippen LogP contribution in [0.2, 0.25) is 0 Å². The Bertz CT molecular complexity index is 1220. The summed E-state index contributed by atoms with van der Waals surface area (Å²) in [6.45, 7) is 1.29. The van der Waals surface area contributed by atoms with Gasteiger partial charge in [0.05, 0.1) is 36.7 Å². The molecule has 0 spiro atoms. The molecule has 1 saturated heterocycles. The number of cyclic esters (lactones) is 1. The van der Waals surface area contributed by atoms with Gasteiger partial charge in [-0.1, -0.05) is 23.5 Å². The number of carbonyl (C=O) groups is 4. The third-order valence-electron chi connectivity index (χ3n) is 5.52. The lowest BCUT2D eigenvalue weighted by Crippen LogP contribution is -2.38. The Morgan fingerprint density at radius 1 is 1.18 bits per heavy atom. The van der Waals surface area contributed by atoms with Crippen LogP contribution < -0.4 is 10.2 Å². The second-order valence-corrected chi connectivity index (χ2v) is 8.81. The summed E-state index contributed by atoms with van der Waals surface area (Å²) < 4.78 is 7.29. The minimum atomic E-state index is -0.695. The zero-order valence-electron chi connectivity index (χ0n) is 17.9. The molecular formula is C22H20N6O5S. The van der Waals surface area contributed by atoms with Crippen LogP contribution >= 0.6 is 11.3 Å². The zero-order valence-corrected chi connectivity index (χ0v) is 18.7. The first kappa shape index (κ1) is 21.8. The topological polar surface area (TPSA) is 127 Å². The normalized spacial score (nSPS) is 17.3. The summed E-state index contributed by atoms with van der Waals surface area (Å²) in [5.74, 6) is -1.09. The molecule has 2 aliphatic rings. The van der Waals surface area contributed by atoms with Gasteiger partial charge in [-0.2, -0.15) is 0 Å². The van der Waals surface area contributed by atoms with Crippen LogP contribution in [0, 0.1) is 0 Å². The first-order valence-electron chi connectivity index (χ1n) is 10.6. The van der Waals surface area contributed by atoms with Crippen molar-refractivity contribution in [2.24, 2.45) is 0 Å². The highest BCUT2D eigenvalue weighted by molar-refractivity contribution is 7.17. The highest BCUT2D eigenvalue weighted by atomic mass is 32.1. The van der Waals surface area contributed by atoms with Crippen molar-refractivity contribution >= 4 is 40.3 Å². The van der Waals surface area contributed by atoms with Crippen molar-refractivity contribution in [3.63, 3.8) is 0 Å². The summed E-state index contributed by atoms with van der Waals surface area (Å²) in [6, 6.07) is 6.59. The molecule has 1 N–H and O–H groups in total. The second-order valence-electron chi connectivity index (χ2n) is 7.80. The first-order chi connectivity index (χ1) is 16.5. The van der Waals surface area contributed by atoms with Crippen molar-refractivity contribution in [2.45, 2.75) is 19.1 Å². The molecule has 0 saturated carbocycles. The largest absolute Gasteiger partial charge is 0.442 e. The van der Waals surface area contributed by atoms with E-state index in [2.05, 4.69) is 15.3 Å². The standard InChI is InChI=1S/C22H20N6O5S/c29-18(24-6-3-8-26-9-7-23-13-26)17-10-25-21(34-17)28-12-14(33-22(28)32)11-27-19(30)15-4-1-2-5-16(15)20(27)31/h1-2,4-5,7,9-10,13-14H,3,6,8,11-12H2,(H,24,29)/t14-/m0/s1. The predicted octanol–water partition coefficient (Wildman–Crippen LogP) is 1.78. The molecule has 0 aliphatic carbocycles. The van der Waals surface area contributed by atoms with Crippen LogP contribution in [0.4, 0.5) is 9.93 Å². The summed E-state index contributed by atoms with van der Waals surface area (Å²) in [7, 11) is 0. The zero-order chi connectivity index (χ0) is 23.7. The fraction of sp³-hybridized carbons (Fsp3) is 0.273. The molecule has 174 valence electrons. The Kier molecular flexibility index (Phi) is 5.80. The number of imidazole rings is 1. The van der Waals surface area contributed by atoms with E-state index < -0.39 is 24.0 Å². The van der Waals surface area contributed by atoms with Gasteiger partial charge in [-0.15, -0.1) is 0 Å². The van der Waals surface area contributed by atoms with E-state index >= 15 is 0 Å². The number of aryl methyl sites for hydroxylation is 1. The molecule has 12 heteroatoms. The monoisotopic (exact) mass is 480 g/mol. The van der Waals surface area contributed by atoms with Gasteiger partial charge in [-0.05, 0) is 18.6 Å². The third-order valence-corrected chi connectivity index (χ3v) is 6.54. The third kappa shape index (κ3) is 4.15. The molecule has 2 aliphatic heterocycles. The van der Waals surface area contributed by atoms with E-state index in [4.69, 9.17) is 4.74 Å². The Hall–Kier alpha value is -4.06. The van der Waals surface area contributed by atoms with E-state index in [1.807, 2.05) is 10.8 Å². The number of nitrogens with one attached hydrogen (secondary N) is 1. The van der Waals surface area contributed by atoms with Crippen LogP contribution in [0.25, 0.3) is 0 Å². The van der Waals surface area contributed by atoms with Gasteiger partial charge in [-0.25, -0.2) is 19.7 Å². The van der Waals surface area contributed by atoms with Gasteiger partial charge in [0.25, 0.3) is 17.7 Å². The lowest BCUT2D eigenvalue weighted by Gasteiger charge is -2.17. The molecule has 34 heavy (non-hydrogen) atoms. The molecule has 5 rings (SSSR count). The molecule has 4 heterocycles. The number of hydrogen-bond donors (Lipinski definition) is 1. The summed E-state index contributed by atoms with van der Waals surface area (Å²) in [4.78, 5) is 60.9. The van der Waals surface area contributed by atoms with Crippen molar-refractivity contribution < 1.29 is 23.9 Å². The smallest absolute Gasteiger partial charge is 0.416 e. The quantitative estimate of drug-likeness (QED) is 0.385. The van der Waals surface area contributed by atoms with Crippen molar-refractivity contribution in [3.05, 3.63) is 65.2 Å². The summed E-state index contributed by atoms with van der Waals surface area (Å²) in [5.41, 5.74) is 0.684.